The van der Waals surface area contributed by atoms with Gasteiger partial charge in [0.1, 0.15) is 5.82 Å². The topological polar surface area (TPSA) is 55.2 Å². The van der Waals surface area contributed by atoms with Crippen LogP contribution in [0.5, 0.6) is 0 Å². The molecule has 0 bridgehead atoms. The molecule has 0 unspecified atom stereocenters. The second kappa shape index (κ2) is 9.34. The molecule has 2 aromatic carbocycles. The Balaban J connectivity index is 2.04. The molecule has 0 atom stereocenters. The Hall–Kier alpha value is -3.19. The number of hydrogen-bond acceptors (Lipinski definition) is 4. The SMILES string of the molecule is C=CCN(CC=C)C(=O)CSc1nc2ccccc2c(=O)n1-c1ccccc1F. The molecule has 0 aliphatic rings. The van der Waals surface area contributed by atoms with Crippen molar-refractivity contribution in [3.05, 3.63) is 90.0 Å². The second-order valence-corrected chi connectivity index (χ2v) is 7.11. The zero-order chi connectivity index (χ0) is 20.8. The number of fused-ring (bicyclic) bond motifs is 1. The first kappa shape index (κ1) is 20.5. The fourth-order valence-corrected chi connectivity index (χ4v) is 3.77. The largest absolute Gasteiger partial charge is 0.335 e. The van der Waals surface area contributed by atoms with E-state index in [1.807, 2.05) is 0 Å². The van der Waals surface area contributed by atoms with Gasteiger partial charge in [0.15, 0.2) is 5.16 Å². The number of rotatable bonds is 8. The van der Waals surface area contributed by atoms with Crippen LogP contribution in [0.1, 0.15) is 0 Å². The lowest BCUT2D eigenvalue weighted by Crippen LogP contribution is -2.33. The van der Waals surface area contributed by atoms with E-state index in [9.17, 15) is 14.0 Å². The van der Waals surface area contributed by atoms with E-state index in [0.717, 1.165) is 11.8 Å². The van der Waals surface area contributed by atoms with Crippen LogP contribution in [0.4, 0.5) is 4.39 Å². The van der Waals surface area contributed by atoms with E-state index in [1.54, 1.807) is 53.5 Å². The van der Waals surface area contributed by atoms with Crippen LogP contribution in [0.15, 0.2) is 83.8 Å². The summed E-state index contributed by atoms with van der Waals surface area (Å²) in [6.07, 6.45) is 3.27. The summed E-state index contributed by atoms with van der Waals surface area (Å²) in [5.74, 6) is -0.655. The molecule has 29 heavy (non-hydrogen) atoms. The lowest BCUT2D eigenvalue weighted by Gasteiger charge is -2.19. The molecule has 3 aromatic rings. The van der Waals surface area contributed by atoms with E-state index in [-0.39, 0.29) is 28.1 Å². The molecule has 1 aromatic heterocycles. The van der Waals surface area contributed by atoms with Crippen molar-refractivity contribution in [1.82, 2.24) is 14.5 Å². The van der Waals surface area contributed by atoms with Crippen LogP contribution in [0.25, 0.3) is 16.6 Å². The number of amides is 1. The molecule has 1 heterocycles. The lowest BCUT2D eigenvalue weighted by atomic mass is 10.2. The van der Waals surface area contributed by atoms with Crippen molar-refractivity contribution >= 4 is 28.6 Å². The Bertz CT molecular complexity index is 1120. The van der Waals surface area contributed by atoms with E-state index in [1.165, 1.54) is 16.7 Å². The molecule has 0 aliphatic heterocycles. The maximum Gasteiger partial charge on any atom is 0.266 e. The summed E-state index contributed by atoms with van der Waals surface area (Å²) in [4.78, 5) is 31.8. The van der Waals surface area contributed by atoms with Gasteiger partial charge in [-0.15, -0.1) is 13.2 Å². The van der Waals surface area contributed by atoms with E-state index in [2.05, 4.69) is 18.1 Å². The molecule has 0 N–H and O–H groups in total. The van der Waals surface area contributed by atoms with Gasteiger partial charge in [-0.1, -0.05) is 48.2 Å². The summed E-state index contributed by atoms with van der Waals surface area (Å²) in [6, 6.07) is 12.9. The van der Waals surface area contributed by atoms with Gasteiger partial charge in [-0.25, -0.2) is 9.37 Å². The van der Waals surface area contributed by atoms with Gasteiger partial charge in [0.05, 0.1) is 22.3 Å². The summed E-state index contributed by atoms with van der Waals surface area (Å²) < 4.78 is 15.7. The normalized spacial score (nSPS) is 10.7. The lowest BCUT2D eigenvalue weighted by molar-refractivity contribution is -0.127. The van der Waals surface area contributed by atoms with Crippen LogP contribution in [0, 0.1) is 5.82 Å². The van der Waals surface area contributed by atoms with Crippen molar-refractivity contribution in [2.24, 2.45) is 0 Å². The predicted octanol–water partition coefficient (Wildman–Crippen LogP) is 3.82. The van der Waals surface area contributed by atoms with Crippen LogP contribution < -0.4 is 5.56 Å². The number of para-hydroxylation sites is 2. The fourth-order valence-electron chi connectivity index (χ4n) is 2.86. The highest BCUT2D eigenvalue weighted by Gasteiger charge is 2.18. The third-order valence-electron chi connectivity index (χ3n) is 4.21. The standard InChI is InChI=1S/C22H20FN3O2S/c1-3-13-25(14-4-2)20(27)15-29-22-24-18-11-7-5-9-16(18)21(28)26(22)19-12-8-6-10-17(19)23/h3-12H,1-2,13-15H2. The Morgan fingerprint density at radius 1 is 1.10 bits per heavy atom. The van der Waals surface area contributed by atoms with Crippen molar-refractivity contribution in [2.75, 3.05) is 18.8 Å². The average Bonchev–Trinajstić information content (AvgIpc) is 2.73. The number of hydrogen-bond donors (Lipinski definition) is 0. The zero-order valence-corrected chi connectivity index (χ0v) is 16.6. The quantitative estimate of drug-likeness (QED) is 0.322. The van der Waals surface area contributed by atoms with Crippen LogP contribution >= 0.6 is 11.8 Å². The number of carbonyl (C=O) groups excluding carboxylic acids is 1. The van der Waals surface area contributed by atoms with Gasteiger partial charge in [-0.3, -0.25) is 14.2 Å². The Morgan fingerprint density at radius 3 is 2.45 bits per heavy atom. The fraction of sp³-hybridized carbons (Fsp3) is 0.136. The minimum Gasteiger partial charge on any atom is -0.335 e. The molecular weight excluding hydrogens is 389 g/mol. The van der Waals surface area contributed by atoms with E-state index in [0.29, 0.717) is 24.0 Å². The monoisotopic (exact) mass is 409 g/mol. The van der Waals surface area contributed by atoms with Gasteiger partial charge >= 0.3 is 0 Å². The Kier molecular flexibility index (Phi) is 6.61. The van der Waals surface area contributed by atoms with Crippen LogP contribution in [-0.4, -0.2) is 39.2 Å². The molecule has 0 saturated carbocycles. The number of thioether (sulfide) groups is 1. The van der Waals surface area contributed by atoms with Gasteiger partial charge < -0.3 is 4.90 Å². The van der Waals surface area contributed by atoms with E-state index in [4.69, 9.17) is 0 Å². The zero-order valence-electron chi connectivity index (χ0n) is 15.8. The highest BCUT2D eigenvalue weighted by molar-refractivity contribution is 7.99. The van der Waals surface area contributed by atoms with Gasteiger partial charge in [0.2, 0.25) is 5.91 Å². The van der Waals surface area contributed by atoms with Crippen LogP contribution in [0.3, 0.4) is 0 Å². The molecule has 0 spiro atoms. The first-order valence-electron chi connectivity index (χ1n) is 8.96. The van der Waals surface area contributed by atoms with E-state index >= 15 is 0 Å². The molecule has 1 amide bonds. The summed E-state index contributed by atoms with van der Waals surface area (Å²) >= 11 is 1.09. The van der Waals surface area contributed by atoms with Crippen LogP contribution in [0.2, 0.25) is 0 Å². The average molecular weight is 409 g/mol. The predicted molar refractivity (Wildman–Crippen MR) is 115 cm³/mol. The highest BCUT2D eigenvalue weighted by atomic mass is 32.2. The first-order valence-corrected chi connectivity index (χ1v) is 9.94. The summed E-state index contributed by atoms with van der Waals surface area (Å²) in [7, 11) is 0. The first-order chi connectivity index (χ1) is 14.1. The summed E-state index contributed by atoms with van der Waals surface area (Å²) in [6.45, 7) is 8.09. The maximum atomic E-state index is 14.5. The number of benzene rings is 2. The number of nitrogens with zero attached hydrogens (tertiary/aromatic N) is 3. The molecular formula is C22H20FN3O2S. The second-order valence-electron chi connectivity index (χ2n) is 6.17. The Morgan fingerprint density at radius 2 is 1.76 bits per heavy atom. The van der Waals surface area contributed by atoms with Gasteiger partial charge in [-0.2, -0.15) is 0 Å². The molecule has 3 rings (SSSR count). The number of aromatic nitrogens is 2. The minimum absolute atomic E-state index is 0.0426. The van der Waals surface area contributed by atoms with Gasteiger partial charge in [0, 0.05) is 13.1 Å². The van der Waals surface area contributed by atoms with Crippen molar-refractivity contribution in [3.63, 3.8) is 0 Å². The molecule has 0 aliphatic carbocycles. The molecule has 0 saturated heterocycles. The molecule has 5 nitrogen and oxygen atoms in total. The van der Waals surface area contributed by atoms with Crippen molar-refractivity contribution in [2.45, 2.75) is 5.16 Å². The Labute approximate surface area is 172 Å². The third-order valence-corrected chi connectivity index (χ3v) is 5.14. The van der Waals surface area contributed by atoms with Gasteiger partial charge in [0.25, 0.3) is 5.56 Å². The van der Waals surface area contributed by atoms with Crippen molar-refractivity contribution in [3.8, 4) is 5.69 Å². The smallest absolute Gasteiger partial charge is 0.266 e. The third kappa shape index (κ3) is 4.46. The molecule has 0 radical (unpaired) electrons. The maximum absolute atomic E-state index is 14.5. The molecule has 0 fully saturated rings. The van der Waals surface area contributed by atoms with E-state index < -0.39 is 5.82 Å². The van der Waals surface area contributed by atoms with Crippen LogP contribution in [-0.2, 0) is 4.79 Å². The number of carbonyl (C=O) groups is 1. The van der Waals surface area contributed by atoms with Gasteiger partial charge in [-0.05, 0) is 24.3 Å². The van der Waals surface area contributed by atoms with Crippen molar-refractivity contribution < 1.29 is 9.18 Å². The number of halogens is 1. The molecule has 7 heteroatoms. The minimum atomic E-state index is -0.542. The highest BCUT2D eigenvalue weighted by Crippen LogP contribution is 2.23. The van der Waals surface area contributed by atoms with Crippen molar-refractivity contribution in [1.29, 1.82) is 0 Å². The summed E-state index contributed by atoms with van der Waals surface area (Å²) in [5.41, 5.74) is 0.207. The summed E-state index contributed by atoms with van der Waals surface area (Å²) in [5, 5.41) is 0.635. The molecule has 148 valence electrons.